The molecular weight excluding hydrogens is 300 g/mol. The predicted octanol–water partition coefficient (Wildman–Crippen LogP) is 3.84. The maximum atomic E-state index is 12.2. The lowest BCUT2D eigenvalue weighted by atomic mass is 9.80. The summed E-state index contributed by atoms with van der Waals surface area (Å²) in [5.74, 6) is -1.12. The Morgan fingerprint density at radius 1 is 0.955 bits per heavy atom. The van der Waals surface area contributed by atoms with Crippen molar-refractivity contribution in [1.82, 2.24) is 0 Å². The molecule has 3 unspecified atom stereocenters. The lowest BCUT2D eigenvalue weighted by Crippen LogP contribution is -2.17. The number of esters is 1. The minimum Gasteiger partial charge on any atom is -0.457 e. The highest BCUT2D eigenvalue weighted by Crippen LogP contribution is 2.47. The maximum absolute atomic E-state index is 12.2. The summed E-state index contributed by atoms with van der Waals surface area (Å²) in [4.78, 5) is 23.6. The predicted molar refractivity (Wildman–Crippen MR) is 83.4 cm³/mol. The van der Waals surface area contributed by atoms with Gasteiger partial charge in [0.2, 0.25) is 5.24 Å². The standard InChI is InChI=1S/C18H15ClO3/c19-15(20)11-14-16(12-7-3-1-4-8-12)17(22-18(14)21)13-9-5-2-6-10-13/h1-10,14,16-17H,11H2. The zero-order valence-electron chi connectivity index (χ0n) is 11.8. The van der Waals surface area contributed by atoms with E-state index in [1.54, 1.807) is 0 Å². The van der Waals surface area contributed by atoms with Crippen LogP contribution in [0.15, 0.2) is 60.7 Å². The molecule has 2 aromatic carbocycles. The second kappa shape index (κ2) is 6.32. The van der Waals surface area contributed by atoms with Crippen LogP contribution in [0.3, 0.4) is 0 Å². The monoisotopic (exact) mass is 314 g/mol. The van der Waals surface area contributed by atoms with Gasteiger partial charge in [-0.1, -0.05) is 60.7 Å². The Bertz CT molecular complexity index is 669. The summed E-state index contributed by atoms with van der Waals surface area (Å²) in [5, 5.41) is -0.517. The van der Waals surface area contributed by atoms with E-state index in [1.165, 1.54) is 0 Å². The van der Waals surface area contributed by atoms with E-state index in [-0.39, 0.29) is 18.3 Å². The molecule has 0 aliphatic carbocycles. The van der Waals surface area contributed by atoms with Crippen LogP contribution in [-0.4, -0.2) is 11.2 Å². The van der Waals surface area contributed by atoms with E-state index >= 15 is 0 Å². The van der Waals surface area contributed by atoms with Crippen LogP contribution < -0.4 is 0 Å². The molecular formula is C18H15ClO3. The third-order valence-corrected chi connectivity index (χ3v) is 4.15. The van der Waals surface area contributed by atoms with Crippen LogP contribution in [0.5, 0.6) is 0 Å². The molecule has 1 saturated heterocycles. The third-order valence-electron chi connectivity index (χ3n) is 4.00. The molecule has 0 spiro atoms. The van der Waals surface area contributed by atoms with Crippen molar-refractivity contribution in [2.24, 2.45) is 5.92 Å². The molecule has 3 nitrogen and oxygen atoms in total. The van der Waals surface area contributed by atoms with Crippen molar-refractivity contribution in [2.75, 3.05) is 0 Å². The number of ether oxygens (including phenoxy) is 1. The quantitative estimate of drug-likeness (QED) is 0.636. The molecule has 0 N–H and O–H groups in total. The first-order valence-corrected chi connectivity index (χ1v) is 7.53. The zero-order valence-corrected chi connectivity index (χ0v) is 12.6. The van der Waals surface area contributed by atoms with Crippen LogP contribution in [0.4, 0.5) is 0 Å². The van der Waals surface area contributed by atoms with Crippen molar-refractivity contribution < 1.29 is 14.3 Å². The van der Waals surface area contributed by atoms with Crippen LogP contribution in [0.2, 0.25) is 0 Å². The molecule has 22 heavy (non-hydrogen) atoms. The SMILES string of the molecule is O=C(Cl)CC1C(=O)OC(c2ccccc2)C1c1ccccc1. The lowest BCUT2D eigenvalue weighted by Gasteiger charge is -2.21. The molecule has 0 aromatic heterocycles. The second-order valence-electron chi connectivity index (χ2n) is 5.37. The van der Waals surface area contributed by atoms with Gasteiger partial charge in [-0.15, -0.1) is 0 Å². The summed E-state index contributed by atoms with van der Waals surface area (Å²) in [6.45, 7) is 0. The van der Waals surface area contributed by atoms with Gasteiger partial charge in [-0.3, -0.25) is 9.59 Å². The Hall–Kier alpha value is -2.13. The zero-order chi connectivity index (χ0) is 15.5. The molecule has 1 fully saturated rings. The Morgan fingerprint density at radius 2 is 1.50 bits per heavy atom. The summed E-state index contributed by atoms with van der Waals surface area (Å²) >= 11 is 5.52. The van der Waals surface area contributed by atoms with Crippen molar-refractivity contribution >= 4 is 22.8 Å². The van der Waals surface area contributed by atoms with Gasteiger partial charge in [0.25, 0.3) is 0 Å². The first-order valence-electron chi connectivity index (χ1n) is 7.15. The van der Waals surface area contributed by atoms with E-state index in [1.807, 2.05) is 60.7 Å². The van der Waals surface area contributed by atoms with E-state index in [2.05, 4.69) is 0 Å². The fourth-order valence-electron chi connectivity index (χ4n) is 3.03. The molecule has 2 aromatic rings. The summed E-state index contributed by atoms with van der Waals surface area (Å²) in [6.07, 6.45) is -0.402. The lowest BCUT2D eigenvalue weighted by molar-refractivity contribution is -0.145. The topological polar surface area (TPSA) is 43.4 Å². The van der Waals surface area contributed by atoms with Crippen LogP contribution >= 0.6 is 11.6 Å². The first-order chi connectivity index (χ1) is 10.7. The Labute approximate surface area is 133 Å². The molecule has 0 saturated carbocycles. The molecule has 0 bridgehead atoms. The van der Waals surface area contributed by atoms with Crippen LogP contribution in [0.1, 0.15) is 29.6 Å². The number of carbonyl (C=O) groups is 2. The molecule has 1 heterocycles. The van der Waals surface area contributed by atoms with E-state index < -0.39 is 17.3 Å². The van der Waals surface area contributed by atoms with Crippen molar-refractivity contribution in [3.63, 3.8) is 0 Å². The summed E-state index contributed by atoms with van der Waals surface area (Å²) in [7, 11) is 0. The first kappa shape index (κ1) is 14.8. The highest BCUT2D eigenvalue weighted by Gasteiger charge is 2.46. The minimum atomic E-state index is -0.544. The number of benzene rings is 2. The molecule has 3 rings (SSSR count). The van der Waals surface area contributed by atoms with Gasteiger partial charge in [0, 0.05) is 12.3 Å². The van der Waals surface area contributed by atoms with Crippen LogP contribution in [-0.2, 0) is 14.3 Å². The van der Waals surface area contributed by atoms with Crippen molar-refractivity contribution in [1.29, 1.82) is 0 Å². The Balaban J connectivity index is 2.02. The molecule has 112 valence electrons. The fourth-order valence-corrected chi connectivity index (χ4v) is 3.19. The van der Waals surface area contributed by atoms with Gasteiger partial charge in [0.1, 0.15) is 6.10 Å². The van der Waals surface area contributed by atoms with Crippen molar-refractivity contribution in [2.45, 2.75) is 18.4 Å². The highest BCUT2D eigenvalue weighted by atomic mass is 35.5. The van der Waals surface area contributed by atoms with Gasteiger partial charge in [-0.2, -0.15) is 0 Å². The number of halogens is 1. The maximum Gasteiger partial charge on any atom is 0.310 e. The van der Waals surface area contributed by atoms with Gasteiger partial charge in [-0.05, 0) is 22.7 Å². The number of hydrogen-bond acceptors (Lipinski definition) is 3. The second-order valence-corrected chi connectivity index (χ2v) is 5.79. The van der Waals surface area contributed by atoms with Gasteiger partial charge < -0.3 is 4.74 Å². The van der Waals surface area contributed by atoms with Gasteiger partial charge in [0.15, 0.2) is 0 Å². The molecule has 3 atom stereocenters. The number of hydrogen-bond donors (Lipinski definition) is 0. The molecule has 4 heteroatoms. The van der Waals surface area contributed by atoms with Crippen molar-refractivity contribution in [3.8, 4) is 0 Å². The van der Waals surface area contributed by atoms with Gasteiger partial charge in [-0.25, -0.2) is 0 Å². The highest BCUT2D eigenvalue weighted by molar-refractivity contribution is 6.63. The summed E-state index contributed by atoms with van der Waals surface area (Å²) in [5.41, 5.74) is 1.90. The van der Waals surface area contributed by atoms with Gasteiger partial charge in [0.05, 0.1) is 5.92 Å². The molecule has 1 aliphatic rings. The molecule has 1 aliphatic heterocycles. The minimum absolute atomic E-state index is 0.0106. The Morgan fingerprint density at radius 3 is 2.05 bits per heavy atom. The fraction of sp³-hybridized carbons (Fsp3) is 0.222. The van der Waals surface area contributed by atoms with E-state index in [9.17, 15) is 9.59 Å². The number of cyclic esters (lactones) is 1. The van der Waals surface area contributed by atoms with Gasteiger partial charge >= 0.3 is 5.97 Å². The number of rotatable bonds is 4. The summed E-state index contributed by atoms with van der Waals surface area (Å²) < 4.78 is 5.58. The average molecular weight is 315 g/mol. The normalized spacial score (nSPS) is 24.0. The van der Waals surface area contributed by atoms with E-state index in [0.717, 1.165) is 11.1 Å². The largest absolute Gasteiger partial charge is 0.457 e. The van der Waals surface area contributed by atoms with E-state index in [0.29, 0.717) is 0 Å². The molecule has 0 radical (unpaired) electrons. The smallest absolute Gasteiger partial charge is 0.310 e. The van der Waals surface area contributed by atoms with Crippen LogP contribution in [0.25, 0.3) is 0 Å². The Kier molecular flexibility index (Phi) is 4.25. The number of carbonyl (C=O) groups excluding carboxylic acids is 2. The average Bonchev–Trinajstić information content (AvgIpc) is 2.85. The van der Waals surface area contributed by atoms with E-state index in [4.69, 9.17) is 16.3 Å². The van der Waals surface area contributed by atoms with Crippen molar-refractivity contribution in [3.05, 3.63) is 71.8 Å². The molecule has 0 amide bonds. The summed E-state index contributed by atoms with van der Waals surface area (Å²) in [6, 6.07) is 19.2. The third kappa shape index (κ3) is 2.90. The van der Waals surface area contributed by atoms with Crippen LogP contribution in [0, 0.1) is 5.92 Å².